The van der Waals surface area contributed by atoms with Crippen LogP contribution in [0.1, 0.15) is 58.8 Å². The number of rotatable bonds is 9. The lowest BCUT2D eigenvalue weighted by molar-refractivity contribution is 0.240. The normalized spacial score (nSPS) is 10.9. The summed E-state index contributed by atoms with van der Waals surface area (Å²) in [7, 11) is 0. The van der Waals surface area contributed by atoms with Gasteiger partial charge < -0.3 is 4.74 Å². The van der Waals surface area contributed by atoms with Crippen molar-refractivity contribution in [2.45, 2.75) is 58.8 Å². The molecule has 0 aromatic heterocycles. The zero-order valence-electron chi connectivity index (χ0n) is 9.22. The molecule has 0 fully saturated rings. The standard InChI is InChI=1S/C12H24O/c1-3-5-6-7-8-9-10-12-13-11-4-2/h4,11H,3,5-10,12H2,1-2H3. The summed E-state index contributed by atoms with van der Waals surface area (Å²) >= 11 is 0. The van der Waals surface area contributed by atoms with Gasteiger partial charge in [-0.2, -0.15) is 0 Å². The first-order valence-electron chi connectivity index (χ1n) is 5.64. The van der Waals surface area contributed by atoms with Crippen LogP contribution in [0.4, 0.5) is 0 Å². The van der Waals surface area contributed by atoms with Gasteiger partial charge in [-0.25, -0.2) is 0 Å². The minimum Gasteiger partial charge on any atom is -0.502 e. The highest BCUT2D eigenvalue weighted by Crippen LogP contribution is 2.06. The van der Waals surface area contributed by atoms with Gasteiger partial charge in [-0.05, 0) is 13.3 Å². The van der Waals surface area contributed by atoms with Gasteiger partial charge in [-0.1, -0.05) is 51.5 Å². The lowest BCUT2D eigenvalue weighted by Crippen LogP contribution is -1.87. The predicted molar refractivity (Wildman–Crippen MR) is 58.8 cm³/mol. The van der Waals surface area contributed by atoms with Crippen molar-refractivity contribution in [3.8, 4) is 0 Å². The highest BCUT2D eigenvalue weighted by Gasteiger charge is 1.89. The Balaban J connectivity index is 2.83. The second kappa shape index (κ2) is 11.5. The molecule has 0 aliphatic heterocycles. The monoisotopic (exact) mass is 184 g/mol. The van der Waals surface area contributed by atoms with Crippen molar-refractivity contribution in [1.82, 2.24) is 0 Å². The summed E-state index contributed by atoms with van der Waals surface area (Å²) in [5.74, 6) is 0. The van der Waals surface area contributed by atoms with E-state index in [1.807, 2.05) is 13.0 Å². The largest absolute Gasteiger partial charge is 0.502 e. The maximum absolute atomic E-state index is 5.23. The molecule has 78 valence electrons. The topological polar surface area (TPSA) is 9.23 Å². The predicted octanol–water partition coefficient (Wildman–Crippen LogP) is 4.29. The summed E-state index contributed by atoms with van der Waals surface area (Å²) in [6.45, 7) is 5.12. The van der Waals surface area contributed by atoms with Crippen LogP contribution in [0.5, 0.6) is 0 Å². The molecule has 0 rings (SSSR count). The smallest absolute Gasteiger partial charge is 0.0873 e. The second-order valence-electron chi connectivity index (χ2n) is 3.46. The van der Waals surface area contributed by atoms with Crippen LogP contribution >= 0.6 is 0 Å². The van der Waals surface area contributed by atoms with Gasteiger partial charge in [0, 0.05) is 0 Å². The first-order valence-corrected chi connectivity index (χ1v) is 5.64. The summed E-state index contributed by atoms with van der Waals surface area (Å²) in [6, 6.07) is 0. The SMILES string of the molecule is CC=COCCCCCCCCC. The van der Waals surface area contributed by atoms with Gasteiger partial charge in [0.2, 0.25) is 0 Å². The number of allylic oxidation sites excluding steroid dienone is 1. The Morgan fingerprint density at radius 2 is 1.54 bits per heavy atom. The lowest BCUT2D eigenvalue weighted by Gasteiger charge is -2.01. The third-order valence-electron chi connectivity index (χ3n) is 2.10. The fourth-order valence-corrected chi connectivity index (χ4v) is 1.31. The van der Waals surface area contributed by atoms with Crippen LogP contribution < -0.4 is 0 Å². The molecule has 0 bridgehead atoms. The van der Waals surface area contributed by atoms with E-state index in [0.29, 0.717) is 0 Å². The molecule has 0 N–H and O–H groups in total. The van der Waals surface area contributed by atoms with Crippen LogP contribution in [0.25, 0.3) is 0 Å². The summed E-state index contributed by atoms with van der Waals surface area (Å²) in [6.07, 6.45) is 13.2. The molecule has 0 radical (unpaired) electrons. The fraction of sp³-hybridized carbons (Fsp3) is 0.833. The van der Waals surface area contributed by atoms with E-state index < -0.39 is 0 Å². The minimum atomic E-state index is 0.887. The van der Waals surface area contributed by atoms with Crippen molar-refractivity contribution < 1.29 is 4.74 Å². The molecule has 1 nitrogen and oxygen atoms in total. The van der Waals surface area contributed by atoms with Crippen LogP contribution in [0.2, 0.25) is 0 Å². The molecule has 0 aromatic carbocycles. The molecule has 0 aromatic rings. The van der Waals surface area contributed by atoms with Crippen LogP contribution in [-0.4, -0.2) is 6.61 Å². The molecule has 0 amide bonds. The van der Waals surface area contributed by atoms with Crippen molar-refractivity contribution in [3.63, 3.8) is 0 Å². The molecule has 0 saturated heterocycles. The van der Waals surface area contributed by atoms with Crippen LogP contribution in [0.3, 0.4) is 0 Å². The quantitative estimate of drug-likeness (QED) is 0.384. The van der Waals surface area contributed by atoms with Crippen molar-refractivity contribution in [2.75, 3.05) is 6.61 Å². The van der Waals surface area contributed by atoms with E-state index in [2.05, 4.69) is 6.92 Å². The van der Waals surface area contributed by atoms with E-state index in [0.717, 1.165) is 6.61 Å². The highest BCUT2D eigenvalue weighted by molar-refractivity contribution is 4.64. The molecule has 1 heteroatoms. The molecule has 0 unspecified atom stereocenters. The summed E-state index contributed by atoms with van der Waals surface area (Å²) in [5.41, 5.74) is 0. The Morgan fingerprint density at radius 1 is 0.923 bits per heavy atom. The number of hydrogen-bond acceptors (Lipinski definition) is 1. The van der Waals surface area contributed by atoms with Gasteiger partial charge in [0.05, 0.1) is 12.9 Å². The molecule has 13 heavy (non-hydrogen) atoms. The van der Waals surface area contributed by atoms with Crippen LogP contribution in [0, 0.1) is 0 Å². The molecule has 0 saturated carbocycles. The molecule has 0 heterocycles. The summed E-state index contributed by atoms with van der Waals surface area (Å²) < 4.78 is 5.23. The lowest BCUT2D eigenvalue weighted by atomic mass is 10.1. The Kier molecular flexibility index (Phi) is 11.1. The van der Waals surface area contributed by atoms with E-state index in [-0.39, 0.29) is 0 Å². The van der Waals surface area contributed by atoms with E-state index >= 15 is 0 Å². The van der Waals surface area contributed by atoms with Crippen LogP contribution in [-0.2, 0) is 4.74 Å². The Hall–Kier alpha value is -0.460. The average Bonchev–Trinajstić information content (AvgIpc) is 2.16. The Bertz CT molecular complexity index is 108. The fourth-order valence-electron chi connectivity index (χ4n) is 1.31. The molecule has 0 aliphatic carbocycles. The van der Waals surface area contributed by atoms with Gasteiger partial charge in [0.25, 0.3) is 0 Å². The van der Waals surface area contributed by atoms with E-state index in [9.17, 15) is 0 Å². The Morgan fingerprint density at radius 3 is 2.15 bits per heavy atom. The maximum atomic E-state index is 5.23. The van der Waals surface area contributed by atoms with Gasteiger partial charge in [0.1, 0.15) is 0 Å². The molecular formula is C12H24O. The van der Waals surface area contributed by atoms with Gasteiger partial charge in [-0.15, -0.1) is 0 Å². The number of unbranched alkanes of at least 4 members (excludes halogenated alkanes) is 6. The zero-order valence-corrected chi connectivity index (χ0v) is 9.22. The second-order valence-corrected chi connectivity index (χ2v) is 3.46. The summed E-state index contributed by atoms with van der Waals surface area (Å²) in [4.78, 5) is 0. The molecule has 0 spiro atoms. The first kappa shape index (κ1) is 12.5. The highest BCUT2D eigenvalue weighted by atomic mass is 16.5. The third kappa shape index (κ3) is 11.5. The van der Waals surface area contributed by atoms with E-state index in [1.54, 1.807) is 6.26 Å². The van der Waals surface area contributed by atoms with Gasteiger partial charge >= 0.3 is 0 Å². The van der Waals surface area contributed by atoms with Crippen molar-refractivity contribution >= 4 is 0 Å². The van der Waals surface area contributed by atoms with Crippen molar-refractivity contribution in [2.24, 2.45) is 0 Å². The molecular weight excluding hydrogens is 160 g/mol. The van der Waals surface area contributed by atoms with Crippen molar-refractivity contribution in [1.29, 1.82) is 0 Å². The Labute approximate surface area is 83.2 Å². The van der Waals surface area contributed by atoms with E-state index in [4.69, 9.17) is 4.74 Å². The average molecular weight is 184 g/mol. The number of hydrogen-bond donors (Lipinski definition) is 0. The number of ether oxygens (including phenoxy) is 1. The molecule has 0 aliphatic rings. The zero-order chi connectivity index (χ0) is 9.78. The third-order valence-corrected chi connectivity index (χ3v) is 2.10. The molecule has 0 atom stereocenters. The van der Waals surface area contributed by atoms with Gasteiger partial charge in [-0.3, -0.25) is 0 Å². The van der Waals surface area contributed by atoms with E-state index in [1.165, 1.54) is 44.9 Å². The van der Waals surface area contributed by atoms with Crippen molar-refractivity contribution in [3.05, 3.63) is 12.3 Å². The summed E-state index contributed by atoms with van der Waals surface area (Å²) in [5, 5.41) is 0. The van der Waals surface area contributed by atoms with Crippen LogP contribution in [0.15, 0.2) is 12.3 Å². The van der Waals surface area contributed by atoms with Gasteiger partial charge in [0.15, 0.2) is 0 Å². The maximum Gasteiger partial charge on any atom is 0.0873 e. The minimum absolute atomic E-state index is 0.887. The first-order chi connectivity index (χ1) is 6.41.